The van der Waals surface area contributed by atoms with Gasteiger partial charge in [0, 0.05) is 30.8 Å². The van der Waals surface area contributed by atoms with Gasteiger partial charge in [0.2, 0.25) is 0 Å². The van der Waals surface area contributed by atoms with Crippen molar-refractivity contribution in [2.75, 3.05) is 13.1 Å². The van der Waals surface area contributed by atoms with Gasteiger partial charge in [0.1, 0.15) is 5.82 Å². The standard InChI is InChI=1S/C17H25FN2/c18-17-14(10-19)6-3-7-16(17)12-20-9-8-13-4-1-2-5-15(13)11-20/h3,6-7,13,15H,1-2,4-5,8-12,19H2. The maximum absolute atomic E-state index is 14.3. The molecule has 1 aromatic carbocycles. The molecule has 2 N–H and O–H groups in total. The van der Waals surface area contributed by atoms with Crippen molar-refractivity contribution in [3.05, 3.63) is 35.1 Å². The first-order valence-electron chi connectivity index (χ1n) is 7.96. The van der Waals surface area contributed by atoms with Crippen molar-refractivity contribution in [1.82, 2.24) is 4.90 Å². The average molecular weight is 276 g/mol. The van der Waals surface area contributed by atoms with E-state index < -0.39 is 0 Å². The van der Waals surface area contributed by atoms with E-state index in [1.165, 1.54) is 32.1 Å². The minimum Gasteiger partial charge on any atom is -0.326 e. The van der Waals surface area contributed by atoms with Gasteiger partial charge in [-0.15, -0.1) is 0 Å². The van der Waals surface area contributed by atoms with Gasteiger partial charge in [-0.2, -0.15) is 0 Å². The van der Waals surface area contributed by atoms with Crippen LogP contribution in [0.15, 0.2) is 18.2 Å². The average Bonchev–Trinajstić information content (AvgIpc) is 2.49. The van der Waals surface area contributed by atoms with Gasteiger partial charge in [-0.05, 0) is 31.2 Å². The van der Waals surface area contributed by atoms with Crippen LogP contribution in [-0.4, -0.2) is 18.0 Å². The summed E-state index contributed by atoms with van der Waals surface area (Å²) in [6.45, 7) is 3.29. The van der Waals surface area contributed by atoms with Crippen molar-refractivity contribution in [3.63, 3.8) is 0 Å². The molecule has 2 fully saturated rings. The minimum absolute atomic E-state index is 0.0965. The van der Waals surface area contributed by atoms with Crippen molar-refractivity contribution in [3.8, 4) is 0 Å². The van der Waals surface area contributed by atoms with E-state index in [2.05, 4.69) is 4.90 Å². The molecule has 20 heavy (non-hydrogen) atoms. The second kappa shape index (κ2) is 6.23. The lowest BCUT2D eigenvalue weighted by molar-refractivity contribution is 0.0813. The normalized spacial score (nSPS) is 27.3. The van der Waals surface area contributed by atoms with Crippen molar-refractivity contribution >= 4 is 0 Å². The molecule has 2 atom stereocenters. The maximum atomic E-state index is 14.3. The van der Waals surface area contributed by atoms with Crippen molar-refractivity contribution in [2.24, 2.45) is 17.6 Å². The highest BCUT2D eigenvalue weighted by molar-refractivity contribution is 5.26. The van der Waals surface area contributed by atoms with E-state index in [1.807, 2.05) is 12.1 Å². The Morgan fingerprint density at radius 2 is 1.85 bits per heavy atom. The largest absolute Gasteiger partial charge is 0.326 e. The van der Waals surface area contributed by atoms with Gasteiger partial charge in [0.25, 0.3) is 0 Å². The number of piperidine rings is 1. The zero-order valence-electron chi connectivity index (χ0n) is 12.2. The lowest BCUT2D eigenvalue weighted by Crippen LogP contribution is -2.41. The molecule has 3 rings (SSSR count). The van der Waals surface area contributed by atoms with Crippen LogP contribution in [-0.2, 0) is 13.1 Å². The van der Waals surface area contributed by atoms with Gasteiger partial charge >= 0.3 is 0 Å². The molecule has 1 heterocycles. The monoisotopic (exact) mass is 276 g/mol. The maximum Gasteiger partial charge on any atom is 0.132 e. The summed E-state index contributed by atoms with van der Waals surface area (Å²) < 4.78 is 14.3. The van der Waals surface area contributed by atoms with Gasteiger partial charge in [-0.25, -0.2) is 4.39 Å². The number of nitrogens with two attached hydrogens (primary N) is 1. The summed E-state index contributed by atoms with van der Waals surface area (Å²) in [7, 11) is 0. The van der Waals surface area contributed by atoms with Crippen LogP contribution < -0.4 is 5.73 Å². The molecule has 3 heteroatoms. The van der Waals surface area contributed by atoms with Gasteiger partial charge < -0.3 is 5.73 Å². The predicted molar refractivity (Wildman–Crippen MR) is 79.6 cm³/mol. The number of hydrogen-bond donors (Lipinski definition) is 1. The Balaban J connectivity index is 1.66. The van der Waals surface area contributed by atoms with Crippen LogP contribution in [0.2, 0.25) is 0 Å². The first kappa shape index (κ1) is 14.0. The smallest absolute Gasteiger partial charge is 0.132 e. The fourth-order valence-electron chi connectivity index (χ4n) is 3.97. The van der Waals surface area contributed by atoms with Crippen molar-refractivity contribution in [2.45, 2.75) is 45.2 Å². The first-order chi connectivity index (χ1) is 9.78. The molecule has 1 aliphatic carbocycles. The van der Waals surface area contributed by atoms with E-state index in [0.29, 0.717) is 5.56 Å². The summed E-state index contributed by atoms with van der Waals surface area (Å²) >= 11 is 0. The Morgan fingerprint density at radius 1 is 1.10 bits per heavy atom. The summed E-state index contributed by atoms with van der Waals surface area (Å²) in [5.74, 6) is 1.68. The van der Waals surface area contributed by atoms with Crippen LogP contribution in [0.1, 0.15) is 43.2 Å². The van der Waals surface area contributed by atoms with Crippen LogP contribution in [0, 0.1) is 17.7 Å². The van der Waals surface area contributed by atoms with E-state index >= 15 is 0 Å². The van der Waals surface area contributed by atoms with E-state index in [4.69, 9.17) is 5.73 Å². The molecule has 2 nitrogen and oxygen atoms in total. The third-order valence-corrected chi connectivity index (χ3v) is 5.15. The van der Waals surface area contributed by atoms with Crippen LogP contribution in [0.25, 0.3) is 0 Å². The molecule has 2 unspecified atom stereocenters. The second-order valence-corrected chi connectivity index (χ2v) is 6.42. The van der Waals surface area contributed by atoms with Crippen molar-refractivity contribution < 1.29 is 4.39 Å². The Kier molecular flexibility index (Phi) is 4.37. The second-order valence-electron chi connectivity index (χ2n) is 6.42. The van der Waals surface area contributed by atoms with Gasteiger partial charge in [-0.3, -0.25) is 4.90 Å². The molecule has 1 saturated carbocycles. The molecule has 0 spiro atoms. The minimum atomic E-state index is -0.0965. The quantitative estimate of drug-likeness (QED) is 0.918. The fraction of sp³-hybridized carbons (Fsp3) is 0.647. The van der Waals surface area contributed by atoms with Crippen molar-refractivity contribution in [1.29, 1.82) is 0 Å². The fourth-order valence-corrected chi connectivity index (χ4v) is 3.97. The summed E-state index contributed by atoms with van der Waals surface area (Å²) in [4.78, 5) is 2.44. The van der Waals surface area contributed by atoms with Crippen LogP contribution >= 0.6 is 0 Å². The van der Waals surface area contributed by atoms with E-state index in [0.717, 1.165) is 37.0 Å². The van der Waals surface area contributed by atoms with Crippen LogP contribution in [0.3, 0.4) is 0 Å². The highest BCUT2D eigenvalue weighted by Gasteiger charge is 2.31. The zero-order chi connectivity index (χ0) is 13.9. The van der Waals surface area contributed by atoms with Gasteiger partial charge in [0.05, 0.1) is 0 Å². The number of hydrogen-bond acceptors (Lipinski definition) is 2. The number of likely N-dealkylation sites (tertiary alicyclic amines) is 1. The number of nitrogens with zero attached hydrogens (tertiary/aromatic N) is 1. The summed E-state index contributed by atoms with van der Waals surface area (Å²) in [5, 5.41) is 0. The molecule has 0 bridgehead atoms. The van der Waals surface area contributed by atoms with Gasteiger partial charge in [0.15, 0.2) is 0 Å². The SMILES string of the molecule is NCc1cccc(CN2CCC3CCCCC3C2)c1F. The topological polar surface area (TPSA) is 29.3 Å². The van der Waals surface area contributed by atoms with E-state index in [1.54, 1.807) is 6.07 Å². The molecule has 0 radical (unpaired) electrons. The van der Waals surface area contributed by atoms with E-state index in [9.17, 15) is 4.39 Å². The number of halogens is 1. The molecular weight excluding hydrogens is 251 g/mol. The third kappa shape index (κ3) is 2.89. The number of rotatable bonds is 3. The highest BCUT2D eigenvalue weighted by atomic mass is 19.1. The Hall–Kier alpha value is -0.930. The number of fused-ring (bicyclic) bond motifs is 1. The third-order valence-electron chi connectivity index (χ3n) is 5.15. The molecule has 2 aliphatic rings. The molecule has 0 aromatic heterocycles. The summed E-state index contributed by atoms with van der Waals surface area (Å²) in [5.41, 5.74) is 7.03. The molecule has 0 amide bonds. The number of benzene rings is 1. The highest BCUT2D eigenvalue weighted by Crippen LogP contribution is 2.36. The summed E-state index contributed by atoms with van der Waals surface area (Å²) in [6, 6.07) is 5.61. The van der Waals surface area contributed by atoms with Crippen LogP contribution in [0.4, 0.5) is 4.39 Å². The molecule has 110 valence electrons. The van der Waals surface area contributed by atoms with Crippen LogP contribution in [0.5, 0.6) is 0 Å². The lowest BCUT2D eigenvalue weighted by Gasteiger charge is -2.41. The first-order valence-corrected chi connectivity index (χ1v) is 7.96. The Labute approximate surface area is 121 Å². The summed E-state index contributed by atoms with van der Waals surface area (Å²) in [6.07, 6.45) is 6.87. The van der Waals surface area contributed by atoms with Gasteiger partial charge in [-0.1, -0.05) is 37.5 Å². The lowest BCUT2D eigenvalue weighted by atomic mass is 9.75. The molecule has 1 aromatic rings. The predicted octanol–water partition coefficient (Wildman–Crippen LogP) is 3.30. The van der Waals surface area contributed by atoms with E-state index in [-0.39, 0.29) is 12.4 Å². The Bertz CT molecular complexity index is 460. The zero-order valence-corrected chi connectivity index (χ0v) is 12.2. The molecular formula is C17H25FN2. The molecule has 1 aliphatic heterocycles. The Morgan fingerprint density at radius 3 is 2.65 bits per heavy atom. The molecule has 1 saturated heterocycles.